The lowest BCUT2D eigenvalue weighted by Gasteiger charge is -2.35. The van der Waals surface area contributed by atoms with E-state index in [2.05, 4.69) is 27.2 Å². The average Bonchev–Trinajstić information content (AvgIpc) is 2.88. The summed E-state index contributed by atoms with van der Waals surface area (Å²) >= 11 is 0. The molecule has 0 saturated heterocycles. The summed E-state index contributed by atoms with van der Waals surface area (Å²) in [5, 5.41) is 6.14. The maximum atomic E-state index is 15.1. The third-order valence-electron chi connectivity index (χ3n) is 6.49. The molecule has 3 amide bonds. The van der Waals surface area contributed by atoms with E-state index in [-0.39, 0.29) is 36.3 Å². The Labute approximate surface area is 211 Å². The van der Waals surface area contributed by atoms with Crippen LogP contribution in [-0.4, -0.2) is 55.3 Å². The molecular formula is C24H27F3N6O4. The molecule has 37 heavy (non-hydrogen) atoms. The number of carbonyl (C=O) groups is 2. The lowest BCUT2D eigenvalue weighted by atomic mass is 9.90. The van der Waals surface area contributed by atoms with Crippen LogP contribution in [0.1, 0.15) is 31.2 Å². The molecule has 13 heteroatoms. The topological polar surface area (TPSA) is 109 Å². The minimum absolute atomic E-state index is 0.140. The number of nitrogens with zero attached hydrogens (tertiary/aromatic N) is 4. The van der Waals surface area contributed by atoms with Gasteiger partial charge in [0.25, 0.3) is 0 Å². The van der Waals surface area contributed by atoms with E-state index < -0.39 is 40.7 Å². The van der Waals surface area contributed by atoms with Crippen LogP contribution in [0.3, 0.4) is 0 Å². The van der Waals surface area contributed by atoms with Gasteiger partial charge in [-0.3, -0.25) is 14.6 Å². The molecule has 10 nitrogen and oxygen atoms in total. The number of fused-ring (bicyclic) bond motifs is 1. The molecule has 0 radical (unpaired) electrons. The number of urea groups is 1. The molecule has 198 valence electrons. The lowest BCUT2D eigenvalue weighted by molar-refractivity contribution is -0.117. The second-order valence-corrected chi connectivity index (χ2v) is 8.68. The molecule has 2 N–H and O–H groups in total. The van der Waals surface area contributed by atoms with Crippen LogP contribution in [0.15, 0.2) is 18.9 Å². The van der Waals surface area contributed by atoms with E-state index in [4.69, 9.17) is 9.47 Å². The van der Waals surface area contributed by atoms with Crippen molar-refractivity contribution in [3.05, 3.63) is 41.9 Å². The molecule has 2 aliphatic rings. The molecule has 1 saturated carbocycles. The fourth-order valence-electron chi connectivity index (χ4n) is 4.64. The first-order chi connectivity index (χ1) is 17.7. The number of hydrogen-bond acceptors (Lipinski definition) is 7. The highest BCUT2D eigenvalue weighted by Crippen LogP contribution is 2.42. The molecule has 4 rings (SSSR count). The zero-order valence-electron chi connectivity index (χ0n) is 20.6. The summed E-state index contributed by atoms with van der Waals surface area (Å²) in [7, 11) is 3.43. The number of ether oxygens (including phenoxy) is 2. The first-order valence-electron chi connectivity index (χ1n) is 11.6. The van der Waals surface area contributed by atoms with Gasteiger partial charge < -0.3 is 20.1 Å². The van der Waals surface area contributed by atoms with Crippen LogP contribution in [0.5, 0.6) is 11.5 Å². The van der Waals surface area contributed by atoms with Gasteiger partial charge in [0.1, 0.15) is 11.5 Å². The van der Waals surface area contributed by atoms with Crippen molar-refractivity contribution in [1.82, 2.24) is 15.3 Å². The van der Waals surface area contributed by atoms with E-state index in [1.54, 1.807) is 0 Å². The Morgan fingerprint density at radius 1 is 1.11 bits per heavy atom. The van der Waals surface area contributed by atoms with E-state index >= 15 is 8.78 Å². The molecular weight excluding hydrogens is 493 g/mol. The number of benzene rings is 1. The van der Waals surface area contributed by atoms with Gasteiger partial charge in [-0.05, 0) is 18.9 Å². The Morgan fingerprint density at radius 2 is 1.73 bits per heavy atom. The third-order valence-corrected chi connectivity index (χ3v) is 6.49. The molecule has 2 aromatic rings. The highest BCUT2D eigenvalue weighted by atomic mass is 19.1. The number of rotatable bonds is 7. The second-order valence-electron chi connectivity index (χ2n) is 8.68. The quantitative estimate of drug-likeness (QED) is 0.538. The smallest absolute Gasteiger partial charge is 0.330 e. The van der Waals surface area contributed by atoms with E-state index in [9.17, 15) is 14.0 Å². The Morgan fingerprint density at radius 3 is 2.32 bits per heavy atom. The predicted molar refractivity (Wildman–Crippen MR) is 129 cm³/mol. The van der Waals surface area contributed by atoms with E-state index in [1.165, 1.54) is 19.3 Å². The Bertz CT molecular complexity index is 1210. The summed E-state index contributed by atoms with van der Waals surface area (Å²) in [6, 6.07) is -1.10. The molecule has 0 spiro atoms. The Kier molecular flexibility index (Phi) is 7.41. The van der Waals surface area contributed by atoms with Gasteiger partial charge in [-0.15, -0.1) is 0 Å². The van der Waals surface area contributed by atoms with E-state index in [0.29, 0.717) is 5.56 Å². The number of halogens is 3. The summed E-state index contributed by atoms with van der Waals surface area (Å²) in [5.41, 5.74) is -0.420. The Balaban J connectivity index is 1.64. The normalized spacial score (nSPS) is 19.2. The number of anilines is 3. The number of amides is 3. The van der Waals surface area contributed by atoms with Gasteiger partial charge in [-0.2, -0.15) is 9.37 Å². The standard InChI is InChI=1S/C24H27F3N6O4/c1-5-15(34)29-13-8-6-7-9-14(13)30-23-28-10-12-11-33(24(35)32(2)22(12)31-23)19-16(25)20(36-3)18(27)21(37-4)17(19)26/h5,10,13-14H,1,6-9,11H2,2-4H3,(H,29,34)(H,28,30,31)/t13-,14+/m0/s1. The van der Waals surface area contributed by atoms with Crippen LogP contribution in [0.2, 0.25) is 0 Å². The maximum Gasteiger partial charge on any atom is 0.330 e. The summed E-state index contributed by atoms with van der Waals surface area (Å²) in [5.74, 6) is -5.68. The van der Waals surface area contributed by atoms with Crippen LogP contribution in [-0.2, 0) is 11.3 Å². The molecule has 1 aliphatic heterocycles. The van der Waals surface area contributed by atoms with Gasteiger partial charge in [-0.25, -0.2) is 18.6 Å². The van der Waals surface area contributed by atoms with Crippen LogP contribution in [0.25, 0.3) is 0 Å². The van der Waals surface area contributed by atoms with Crippen molar-refractivity contribution < 1.29 is 32.2 Å². The van der Waals surface area contributed by atoms with Crippen LogP contribution in [0, 0.1) is 17.5 Å². The van der Waals surface area contributed by atoms with Crippen LogP contribution < -0.4 is 29.9 Å². The SMILES string of the molecule is C=CC(=O)N[C@H]1CCCC[C@H]1Nc1ncc2c(n1)N(C)C(=O)N(c1c(F)c(OC)c(F)c(OC)c1F)C2. The van der Waals surface area contributed by atoms with Gasteiger partial charge >= 0.3 is 6.03 Å². The first-order valence-corrected chi connectivity index (χ1v) is 11.6. The maximum absolute atomic E-state index is 15.1. The number of methoxy groups -OCH3 is 2. The summed E-state index contributed by atoms with van der Waals surface area (Å²) in [6.45, 7) is 3.20. The minimum Gasteiger partial charge on any atom is -0.491 e. The summed E-state index contributed by atoms with van der Waals surface area (Å²) < 4.78 is 54.1. The molecule has 1 aromatic carbocycles. The van der Waals surface area contributed by atoms with Gasteiger partial charge in [-0.1, -0.05) is 19.4 Å². The van der Waals surface area contributed by atoms with E-state index in [0.717, 1.165) is 49.7 Å². The average molecular weight is 521 g/mol. The zero-order chi connectivity index (χ0) is 26.9. The molecule has 2 atom stereocenters. The summed E-state index contributed by atoms with van der Waals surface area (Å²) in [4.78, 5) is 35.7. The molecule has 0 unspecified atom stereocenters. The molecule has 1 fully saturated rings. The monoisotopic (exact) mass is 520 g/mol. The van der Waals surface area contributed by atoms with Crippen molar-refractivity contribution >= 4 is 29.4 Å². The number of nitrogens with one attached hydrogen (secondary N) is 2. The van der Waals surface area contributed by atoms with Crippen LogP contribution in [0.4, 0.5) is 35.4 Å². The zero-order valence-corrected chi connectivity index (χ0v) is 20.6. The summed E-state index contributed by atoms with van der Waals surface area (Å²) in [6.07, 6.45) is 6.12. The number of hydrogen-bond donors (Lipinski definition) is 2. The fourth-order valence-corrected chi connectivity index (χ4v) is 4.64. The van der Waals surface area contributed by atoms with Crippen LogP contribution >= 0.6 is 0 Å². The Hall–Kier alpha value is -4.03. The molecule has 0 bridgehead atoms. The van der Waals surface area contributed by atoms with E-state index in [1.807, 2.05) is 0 Å². The van der Waals surface area contributed by atoms with Crippen molar-refractivity contribution in [3.8, 4) is 11.5 Å². The van der Waals surface area contributed by atoms with Crippen molar-refractivity contribution in [2.24, 2.45) is 0 Å². The third kappa shape index (κ3) is 4.72. The second kappa shape index (κ2) is 10.5. The van der Waals surface area contributed by atoms with Gasteiger partial charge in [0.05, 0.1) is 20.8 Å². The van der Waals surface area contributed by atoms with Gasteiger partial charge in [0.2, 0.25) is 17.7 Å². The van der Waals surface area contributed by atoms with Crippen molar-refractivity contribution in [2.75, 3.05) is 36.4 Å². The van der Waals surface area contributed by atoms with Crippen molar-refractivity contribution in [1.29, 1.82) is 0 Å². The highest BCUT2D eigenvalue weighted by Gasteiger charge is 2.38. The predicted octanol–water partition coefficient (Wildman–Crippen LogP) is 3.51. The number of aromatic nitrogens is 2. The van der Waals surface area contributed by atoms with Gasteiger partial charge in [0, 0.05) is 30.9 Å². The first kappa shape index (κ1) is 26.0. The van der Waals surface area contributed by atoms with Gasteiger partial charge in [0.15, 0.2) is 23.1 Å². The fraction of sp³-hybridized carbons (Fsp3) is 0.417. The van der Waals surface area contributed by atoms with Crippen molar-refractivity contribution in [3.63, 3.8) is 0 Å². The molecule has 1 aliphatic carbocycles. The minimum atomic E-state index is -1.38. The lowest BCUT2D eigenvalue weighted by Crippen LogP contribution is -2.49. The highest BCUT2D eigenvalue weighted by molar-refractivity contribution is 6.05. The largest absolute Gasteiger partial charge is 0.491 e. The number of carbonyl (C=O) groups excluding carboxylic acids is 2. The molecule has 1 aromatic heterocycles. The molecule has 2 heterocycles. The van der Waals surface area contributed by atoms with Crippen molar-refractivity contribution in [2.45, 2.75) is 44.3 Å².